The molecule has 7 heteroatoms. The number of benzene rings is 2. The van der Waals surface area contributed by atoms with Crippen molar-refractivity contribution in [2.24, 2.45) is 5.92 Å². The largest absolute Gasteiger partial charge is 0.465 e. The molecule has 0 atom stereocenters. The van der Waals surface area contributed by atoms with Gasteiger partial charge in [0.1, 0.15) is 11.3 Å². The summed E-state index contributed by atoms with van der Waals surface area (Å²) in [6, 6.07) is 11.8. The van der Waals surface area contributed by atoms with E-state index >= 15 is 0 Å². The Morgan fingerprint density at radius 2 is 2.07 bits per heavy atom. The van der Waals surface area contributed by atoms with Crippen molar-refractivity contribution in [3.8, 4) is 11.4 Å². The van der Waals surface area contributed by atoms with Crippen molar-refractivity contribution in [1.82, 2.24) is 14.5 Å². The van der Waals surface area contributed by atoms with Crippen molar-refractivity contribution in [3.63, 3.8) is 0 Å². The molecule has 0 saturated carbocycles. The Morgan fingerprint density at radius 1 is 1.23 bits per heavy atom. The van der Waals surface area contributed by atoms with E-state index < -0.39 is 0 Å². The predicted octanol–water partition coefficient (Wildman–Crippen LogP) is 4.89. The normalized spacial score (nSPS) is 11.3. The van der Waals surface area contributed by atoms with E-state index in [-0.39, 0.29) is 5.97 Å². The smallest absolute Gasteiger partial charge is 0.337 e. The van der Waals surface area contributed by atoms with Gasteiger partial charge in [-0.3, -0.25) is 0 Å². The number of nitrogens with one attached hydrogen (secondary N) is 1. The first-order valence-electron chi connectivity index (χ1n) is 9.84. The first-order chi connectivity index (χ1) is 14.5. The topological polar surface area (TPSA) is 82.2 Å². The quantitative estimate of drug-likeness (QED) is 0.349. The van der Waals surface area contributed by atoms with Crippen LogP contribution >= 0.6 is 0 Å². The van der Waals surface area contributed by atoms with Crippen LogP contribution in [0.3, 0.4) is 0 Å². The van der Waals surface area contributed by atoms with Gasteiger partial charge in [0.2, 0.25) is 0 Å². The molecular weight excluding hydrogens is 380 g/mol. The molecule has 154 valence electrons. The maximum Gasteiger partial charge on any atom is 0.337 e. The molecule has 4 rings (SSSR count). The standard InChI is InChI=1S/C23H24N4O3/c1-5-10-24-23-26-18-11-15(7-9-20(18)30-23)21-25-17-12-16(22(28)29-4)6-8-19(17)27(21)13-14(2)3/h5-9,11-12,14H,1,10,13H2,2-4H3,(H,24,26). The molecule has 7 nitrogen and oxygen atoms in total. The average molecular weight is 404 g/mol. The zero-order valence-electron chi connectivity index (χ0n) is 17.3. The number of hydrogen-bond acceptors (Lipinski definition) is 6. The second-order valence-corrected chi connectivity index (χ2v) is 7.51. The SMILES string of the molecule is C=CCNc1nc2cc(-c3nc4cc(C(=O)OC)ccc4n3CC(C)C)ccc2o1. The van der Waals surface area contributed by atoms with Gasteiger partial charge in [-0.2, -0.15) is 4.98 Å². The zero-order chi connectivity index (χ0) is 21.3. The molecule has 0 aliphatic carbocycles. The number of oxazole rings is 1. The van der Waals surface area contributed by atoms with Crippen LogP contribution in [0.15, 0.2) is 53.5 Å². The van der Waals surface area contributed by atoms with Crippen LogP contribution in [-0.4, -0.2) is 34.2 Å². The Bertz CT molecular complexity index is 1240. The third-order valence-corrected chi connectivity index (χ3v) is 4.76. The monoisotopic (exact) mass is 404 g/mol. The summed E-state index contributed by atoms with van der Waals surface area (Å²) in [5.41, 5.74) is 4.59. The number of anilines is 1. The molecule has 0 bridgehead atoms. The van der Waals surface area contributed by atoms with E-state index in [9.17, 15) is 4.79 Å². The first-order valence-corrected chi connectivity index (χ1v) is 9.84. The molecule has 2 aromatic heterocycles. The van der Waals surface area contributed by atoms with Gasteiger partial charge in [0, 0.05) is 18.7 Å². The summed E-state index contributed by atoms with van der Waals surface area (Å²) in [5, 5.41) is 3.06. The number of esters is 1. The number of ether oxygens (including phenoxy) is 1. The van der Waals surface area contributed by atoms with Gasteiger partial charge in [-0.15, -0.1) is 6.58 Å². The van der Waals surface area contributed by atoms with Gasteiger partial charge in [-0.25, -0.2) is 9.78 Å². The highest BCUT2D eigenvalue weighted by Crippen LogP contribution is 2.30. The van der Waals surface area contributed by atoms with Crippen LogP contribution in [0.25, 0.3) is 33.5 Å². The van der Waals surface area contributed by atoms with E-state index in [1.807, 2.05) is 24.3 Å². The molecule has 0 amide bonds. The Labute approximate surface area is 174 Å². The van der Waals surface area contributed by atoms with Crippen LogP contribution < -0.4 is 5.32 Å². The first kappa shape index (κ1) is 19.7. The molecular formula is C23H24N4O3. The summed E-state index contributed by atoms with van der Waals surface area (Å²) in [6.45, 7) is 9.39. The van der Waals surface area contributed by atoms with E-state index in [1.165, 1.54) is 7.11 Å². The summed E-state index contributed by atoms with van der Waals surface area (Å²) in [5.74, 6) is 0.874. The Hall–Kier alpha value is -3.61. The van der Waals surface area contributed by atoms with Gasteiger partial charge < -0.3 is 19.0 Å². The van der Waals surface area contributed by atoms with E-state index in [1.54, 1.807) is 18.2 Å². The lowest BCUT2D eigenvalue weighted by Gasteiger charge is -2.12. The van der Waals surface area contributed by atoms with Crippen molar-refractivity contribution in [3.05, 3.63) is 54.6 Å². The summed E-state index contributed by atoms with van der Waals surface area (Å²) in [7, 11) is 1.38. The number of imidazole rings is 1. The van der Waals surface area contributed by atoms with Crippen LogP contribution in [0.1, 0.15) is 24.2 Å². The number of aromatic nitrogens is 3. The van der Waals surface area contributed by atoms with Crippen LogP contribution in [0, 0.1) is 5.92 Å². The molecule has 0 radical (unpaired) electrons. The molecule has 0 aliphatic rings. The minimum Gasteiger partial charge on any atom is -0.465 e. The van der Waals surface area contributed by atoms with Gasteiger partial charge in [0.05, 0.1) is 23.7 Å². The van der Waals surface area contributed by atoms with E-state index in [0.29, 0.717) is 29.6 Å². The number of carbonyl (C=O) groups excluding carboxylic acids is 1. The highest BCUT2D eigenvalue weighted by Gasteiger charge is 2.17. The van der Waals surface area contributed by atoms with E-state index in [0.717, 1.165) is 34.5 Å². The fourth-order valence-corrected chi connectivity index (χ4v) is 3.45. The second kappa shape index (κ2) is 8.02. The molecule has 4 aromatic rings. The fraction of sp³-hybridized carbons (Fsp3) is 0.261. The minimum absolute atomic E-state index is 0.375. The highest BCUT2D eigenvalue weighted by molar-refractivity contribution is 5.94. The minimum atomic E-state index is -0.375. The maximum absolute atomic E-state index is 11.9. The maximum atomic E-state index is 11.9. The number of nitrogens with zero attached hydrogens (tertiary/aromatic N) is 3. The van der Waals surface area contributed by atoms with Crippen molar-refractivity contribution in [2.45, 2.75) is 20.4 Å². The number of rotatable bonds is 7. The predicted molar refractivity (Wildman–Crippen MR) is 118 cm³/mol. The number of fused-ring (bicyclic) bond motifs is 2. The Kier molecular flexibility index (Phi) is 5.27. The Balaban J connectivity index is 1.83. The van der Waals surface area contributed by atoms with Crippen LogP contribution in [0.2, 0.25) is 0 Å². The molecule has 0 aliphatic heterocycles. The molecule has 0 fully saturated rings. The van der Waals surface area contributed by atoms with Gasteiger partial charge in [0.15, 0.2) is 5.58 Å². The number of carbonyl (C=O) groups is 1. The Morgan fingerprint density at radius 3 is 2.80 bits per heavy atom. The van der Waals surface area contributed by atoms with Crippen LogP contribution in [0.5, 0.6) is 0 Å². The van der Waals surface area contributed by atoms with Gasteiger partial charge >= 0.3 is 5.97 Å². The molecule has 2 heterocycles. The molecule has 0 saturated heterocycles. The summed E-state index contributed by atoms with van der Waals surface area (Å²) >= 11 is 0. The van der Waals surface area contributed by atoms with E-state index in [2.05, 4.69) is 35.3 Å². The zero-order valence-corrected chi connectivity index (χ0v) is 17.3. The molecule has 0 unspecified atom stereocenters. The molecule has 0 spiro atoms. The van der Waals surface area contributed by atoms with Crippen molar-refractivity contribution in [1.29, 1.82) is 0 Å². The molecule has 2 aromatic carbocycles. The molecule has 30 heavy (non-hydrogen) atoms. The lowest BCUT2D eigenvalue weighted by Crippen LogP contribution is -2.06. The summed E-state index contributed by atoms with van der Waals surface area (Å²) in [4.78, 5) is 21.3. The average Bonchev–Trinajstić information content (AvgIpc) is 3.31. The van der Waals surface area contributed by atoms with Gasteiger partial charge in [-0.1, -0.05) is 19.9 Å². The van der Waals surface area contributed by atoms with Crippen molar-refractivity contribution in [2.75, 3.05) is 19.0 Å². The number of methoxy groups -OCH3 is 1. The summed E-state index contributed by atoms with van der Waals surface area (Å²) < 4.78 is 12.7. The third-order valence-electron chi connectivity index (χ3n) is 4.76. The second-order valence-electron chi connectivity index (χ2n) is 7.51. The van der Waals surface area contributed by atoms with Crippen LogP contribution in [0.4, 0.5) is 6.01 Å². The van der Waals surface area contributed by atoms with Crippen molar-refractivity contribution < 1.29 is 13.9 Å². The van der Waals surface area contributed by atoms with Crippen molar-refractivity contribution >= 4 is 34.1 Å². The lowest BCUT2D eigenvalue weighted by molar-refractivity contribution is 0.0601. The third kappa shape index (κ3) is 3.66. The van der Waals surface area contributed by atoms with Crippen LogP contribution in [-0.2, 0) is 11.3 Å². The summed E-state index contributed by atoms with van der Waals surface area (Å²) in [6.07, 6.45) is 1.75. The molecule has 1 N–H and O–H groups in total. The highest BCUT2D eigenvalue weighted by atomic mass is 16.5. The van der Waals surface area contributed by atoms with Gasteiger partial charge in [-0.05, 0) is 42.3 Å². The van der Waals surface area contributed by atoms with E-state index in [4.69, 9.17) is 14.1 Å². The number of hydrogen-bond donors (Lipinski definition) is 1. The van der Waals surface area contributed by atoms with Gasteiger partial charge in [0.25, 0.3) is 6.01 Å². The fourth-order valence-electron chi connectivity index (χ4n) is 3.45. The lowest BCUT2D eigenvalue weighted by atomic mass is 10.1.